The maximum absolute atomic E-state index is 12.0. The Morgan fingerprint density at radius 2 is 1.70 bits per heavy atom. The van der Waals surface area contributed by atoms with Crippen LogP contribution in [0.2, 0.25) is 0 Å². The van der Waals surface area contributed by atoms with Crippen molar-refractivity contribution in [3.8, 4) is 5.75 Å². The molecule has 0 aliphatic heterocycles. The number of ether oxygens (including phenoxy) is 2. The van der Waals surface area contributed by atoms with Gasteiger partial charge in [0, 0.05) is 0 Å². The Hall–Kier alpha value is -2.71. The molecule has 3 N–H and O–H groups in total. The summed E-state index contributed by atoms with van der Waals surface area (Å²) >= 11 is 0. The van der Waals surface area contributed by atoms with Gasteiger partial charge >= 0.3 is 18.6 Å². The van der Waals surface area contributed by atoms with Crippen LogP contribution in [0, 0.1) is 5.92 Å². The molecule has 1 aromatic carbocycles. The van der Waals surface area contributed by atoms with E-state index in [1.54, 1.807) is 13.8 Å². The summed E-state index contributed by atoms with van der Waals surface area (Å²) in [4.78, 5) is 34.4. The average Bonchev–Trinajstić information content (AvgIpc) is 2.43. The first-order valence-corrected chi connectivity index (χ1v) is 6.57. The van der Waals surface area contributed by atoms with E-state index in [1.807, 2.05) is 5.32 Å². The maximum Gasteiger partial charge on any atom is 0.387 e. The van der Waals surface area contributed by atoms with Gasteiger partial charge in [-0.2, -0.15) is 8.78 Å². The van der Waals surface area contributed by atoms with Gasteiger partial charge in [-0.15, -0.1) is 0 Å². The van der Waals surface area contributed by atoms with Gasteiger partial charge in [-0.1, -0.05) is 13.8 Å². The zero-order valence-electron chi connectivity index (χ0n) is 12.4. The number of primary amides is 1. The maximum atomic E-state index is 12.0. The van der Waals surface area contributed by atoms with E-state index in [0.717, 1.165) is 12.1 Å². The third-order valence-corrected chi connectivity index (χ3v) is 2.66. The van der Waals surface area contributed by atoms with E-state index in [4.69, 9.17) is 10.5 Å². The second-order valence-corrected chi connectivity index (χ2v) is 4.83. The SMILES string of the molecule is CC(C)[C@@H](OC(=O)c1ccc(OC(F)F)cc1)C(=O)NC(N)=O. The van der Waals surface area contributed by atoms with Crippen LogP contribution in [0.15, 0.2) is 24.3 Å². The number of imide groups is 1. The molecule has 0 saturated heterocycles. The predicted molar refractivity (Wildman–Crippen MR) is 74.8 cm³/mol. The third-order valence-electron chi connectivity index (χ3n) is 2.66. The average molecular weight is 330 g/mol. The predicted octanol–water partition coefficient (Wildman–Crippen LogP) is 1.66. The van der Waals surface area contributed by atoms with Gasteiger partial charge in [0.2, 0.25) is 0 Å². The van der Waals surface area contributed by atoms with Crippen molar-refractivity contribution in [1.82, 2.24) is 5.32 Å². The molecule has 1 atom stereocenters. The Morgan fingerprint density at radius 1 is 1.13 bits per heavy atom. The van der Waals surface area contributed by atoms with Gasteiger partial charge in [0.05, 0.1) is 5.56 Å². The number of urea groups is 1. The molecule has 0 aromatic heterocycles. The molecule has 3 amide bonds. The second-order valence-electron chi connectivity index (χ2n) is 4.83. The lowest BCUT2D eigenvalue weighted by Crippen LogP contribution is -2.45. The Kier molecular flexibility index (Phi) is 6.43. The number of hydrogen-bond acceptors (Lipinski definition) is 5. The van der Waals surface area contributed by atoms with E-state index in [1.165, 1.54) is 12.1 Å². The first-order valence-electron chi connectivity index (χ1n) is 6.57. The van der Waals surface area contributed by atoms with Gasteiger partial charge in [-0.05, 0) is 30.2 Å². The van der Waals surface area contributed by atoms with Crippen LogP contribution < -0.4 is 15.8 Å². The molecule has 0 unspecified atom stereocenters. The molecule has 126 valence electrons. The van der Waals surface area contributed by atoms with Crippen LogP contribution in [0.25, 0.3) is 0 Å². The van der Waals surface area contributed by atoms with E-state index in [-0.39, 0.29) is 11.3 Å². The standard InChI is InChI=1S/C14H16F2N2O5/c1-7(2)10(11(19)18-14(17)21)23-12(20)8-3-5-9(6-4-8)22-13(15)16/h3-7,10,13H,1-2H3,(H3,17,18,19,21)/t10-/m1/s1. The van der Waals surface area contributed by atoms with Crippen molar-refractivity contribution < 1.29 is 32.6 Å². The second kappa shape index (κ2) is 8.06. The zero-order chi connectivity index (χ0) is 17.6. The van der Waals surface area contributed by atoms with Crippen LogP contribution in [-0.2, 0) is 9.53 Å². The quantitative estimate of drug-likeness (QED) is 0.771. The van der Waals surface area contributed by atoms with Gasteiger partial charge in [0.1, 0.15) is 5.75 Å². The normalized spacial score (nSPS) is 11.9. The molecular weight excluding hydrogens is 314 g/mol. The largest absolute Gasteiger partial charge is 0.448 e. The van der Waals surface area contributed by atoms with Crippen molar-refractivity contribution in [3.63, 3.8) is 0 Å². The Bertz CT molecular complexity index is 575. The Labute approximate surface area is 130 Å². The van der Waals surface area contributed by atoms with Crippen LogP contribution in [0.4, 0.5) is 13.6 Å². The van der Waals surface area contributed by atoms with Gasteiger partial charge < -0.3 is 15.2 Å². The van der Waals surface area contributed by atoms with Crippen molar-refractivity contribution >= 4 is 17.9 Å². The summed E-state index contributed by atoms with van der Waals surface area (Å²) in [5.41, 5.74) is 4.87. The molecular formula is C14H16F2N2O5. The Morgan fingerprint density at radius 3 is 2.13 bits per heavy atom. The van der Waals surface area contributed by atoms with Gasteiger partial charge in [0.25, 0.3) is 5.91 Å². The minimum Gasteiger partial charge on any atom is -0.448 e. The summed E-state index contributed by atoms with van der Waals surface area (Å²) < 4.78 is 33.3. The minimum absolute atomic E-state index is 0.0316. The molecule has 0 aliphatic carbocycles. The number of halogens is 2. The van der Waals surface area contributed by atoms with E-state index < -0.39 is 36.5 Å². The van der Waals surface area contributed by atoms with Crippen molar-refractivity contribution in [2.75, 3.05) is 0 Å². The highest BCUT2D eigenvalue weighted by molar-refractivity contribution is 5.98. The first-order chi connectivity index (χ1) is 10.7. The minimum atomic E-state index is -2.98. The highest BCUT2D eigenvalue weighted by Gasteiger charge is 2.27. The van der Waals surface area contributed by atoms with Crippen LogP contribution in [-0.4, -0.2) is 30.6 Å². The fourth-order valence-corrected chi connectivity index (χ4v) is 1.64. The molecule has 23 heavy (non-hydrogen) atoms. The lowest BCUT2D eigenvalue weighted by Gasteiger charge is -2.19. The van der Waals surface area contributed by atoms with Crippen LogP contribution in [0.3, 0.4) is 0 Å². The molecule has 0 aliphatic rings. The third kappa shape index (κ3) is 5.89. The first kappa shape index (κ1) is 18.3. The number of carbonyl (C=O) groups excluding carboxylic acids is 3. The number of amides is 3. The molecule has 0 fully saturated rings. The fraction of sp³-hybridized carbons (Fsp3) is 0.357. The van der Waals surface area contributed by atoms with Gasteiger partial charge in [0.15, 0.2) is 6.10 Å². The highest BCUT2D eigenvalue weighted by Crippen LogP contribution is 2.17. The van der Waals surface area contributed by atoms with Crippen molar-refractivity contribution in [1.29, 1.82) is 0 Å². The summed E-state index contributed by atoms with van der Waals surface area (Å²) in [7, 11) is 0. The number of rotatable bonds is 6. The summed E-state index contributed by atoms with van der Waals surface area (Å²) in [6.45, 7) is 0.242. The van der Waals surface area contributed by atoms with Gasteiger partial charge in [-0.25, -0.2) is 9.59 Å². The van der Waals surface area contributed by atoms with Crippen molar-refractivity contribution in [2.45, 2.75) is 26.6 Å². The monoisotopic (exact) mass is 330 g/mol. The fourth-order valence-electron chi connectivity index (χ4n) is 1.64. The van der Waals surface area contributed by atoms with Crippen LogP contribution in [0.1, 0.15) is 24.2 Å². The smallest absolute Gasteiger partial charge is 0.387 e. The number of nitrogens with two attached hydrogens (primary N) is 1. The van der Waals surface area contributed by atoms with Crippen molar-refractivity contribution in [3.05, 3.63) is 29.8 Å². The summed E-state index contributed by atoms with van der Waals surface area (Å²) in [5.74, 6) is -2.24. The topological polar surface area (TPSA) is 108 Å². The molecule has 1 rings (SSSR count). The van der Waals surface area contributed by atoms with E-state index in [0.29, 0.717) is 0 Å². The molecule has 0 radical (unpaired) electrons. The summed E-state index contributed by atoms with van der Waals surface area (Å²) in [6, 6.07) is 3.69. The van der Waals surface area contributed by atoms with Crippen molar-refractivity contribution in [2.24, 2.45) is 11.7 Å². The molecule has 0 saturated carbocycles. The van der Waals surface area contributed by atoms with Crippen LogP contribution in [0.5, 0.6) is 5.75 Å². The zero-order valence-corrected chi connectivity index (χ0v) is 12.4. The molecule has 0 bridgehead atoms. The number of carbonyl (C=O) groups is 3. The molecule has 7 nitrogen and oxygen atoms in total. The van der Waals surface area contributed by atoms with E-state index in [9.17, 15) is 23.2 Å². The number of nitrogens with one attached hydrogen (secondary N) is 1. The molecule has 0 spiro atoms. The highest BCUT2D eigenvalue weighted by atomic mass is 19.3. The molecule has 1 aromatic rings. The van der Waals surface area contributed by atoms with Crippen LogP contribution >= 0.6 is 0 Å². The Balaban J connectivity index is 2.78. The number of esters is 1. The number of hydrogen-bond donors (Lipinski definition) is 2. The van der Waals surface area contributed by atoms with E-state index >= 15 is 0 Å². The van der Waals surface area contributed by atoms with E-state index in [2.05, 4.69) is 4.74 Å². The summed E-state index contributed by atoms with van der Waals surface area (Å²) in [5, 5.41) is 1.83. The van der Waals surface area contributed by atoms with Gasteiger partial charge in [-0.3, -0.25) is 10.1 Å². The summed E-state index contributed by atoms with van der Waals surface area (Å²) in [6.07, 6.45) is -1.23. The lowest BCUT2D eigenvalue weighted by atomic mass is 10.1. The lowest BCUT2D eigenvalue weighted by molar-refractivity contribution is -0.130. The molecule has 9 heteroatoms. The number of alkyl halides is 2. The number of benzene rings is 1. The molecule has 0 heterocycles.